The van der Waals surface area contributed by atoms with Gasteiger partial charge in [-0.25, -0.2) is 0 Å². The fourth-order valence-corrected chi connectivity index (χ4v) is 4.71. The largest absolute Gasteiger partial charge is 0.316 e. The molecule has 2 nitrogen and oxygen atoms in total. The van der Waals surface area contributed by atoms with Crippen molar-refractivity contribution in [3.8, 4) is 0 Å². The van der Waals surface area contributed by atoms with E-state index in [1.54, 1.807) is 0 Å². The summed E-state index contributed by atoms with van der Waals surface area (Å²) >= 11 is 0. The average Bonchev–Trinajstić information content (AvgIpc) is 2.67. The molecule has 0 aromatic heterocycles. The molecule has 1 aromatic carbocycles. The van der Waals surface area contributed by atoms with Gasteiger partial charge in [0.15, 0.2) is 0 Å². The number of hydrogen-bond donors (Lipinski definition) is 2. The van der Waals surface area contributed by atoms with Gasteiger partial charge in [0, 0.05) is 6.54 Å². The molecule has 2 heteroatoms. The van der Waals surface area contributed by atoms with Gasteiger partial charge in [0.05, 0.1) is 0 Å². The van der Waals surface area contributed by atoms with Gasteiger partial charge < -0.3 is 10.6 Å². The fraction of sp³-hybridized carbons (Fsp3) is 0.786. The van der Waals surface area contributed by atoms with Crippen molar-refractivity contribution in [2.24, 2.45) is 23.2 Å². The first-order chi connectivity index (χ1) is 14.3. The average molecular weight is 417 g/mol. The zero-order valence-corrected chi connectivity index (χ0v) is 21.1. The first-order valence-corrected chi connectivity index (χ1v) is 12.7. The maximum absolute atomic E-state index is 3.61. The lowest BCUT2D eigenvalue weighted by Gasteiger charge is -2.29. The van der Waals surface area contributed by atoms with E-state index in [-0.39, 0.29) is 0 Å². The van der Waals surface area contributed by atoms with Gasteiger partial charge in [-0.1, -0.05) is 91.1 Å². The smallest absolute Gasteiger partial charge is 0.0205 e. The van der Waals surface area contributed by atoms with Crippen molar-refractivity contribution in [3.63, 3.8) is 0 Å². The fourth-order valence-electron chi connectivity index (χ4n) is 4.71. The molecule has 0 saturated carbocycles. The molecule has 1 aromatic rings. The number of benzene rings is 1. The van der Waals surface area contributed by atoms with Crippen LogP contribution in [0, 0.1) is 23.2 Å². The van der Waals surface area contributed by atoms with Crippen molar-refractivity contribution in [2.75, 3.05) is 19.6 Å². The topological polar surface area (TPSA) is 24.1 Å². The molecule has 2 unspecified atom stereocenters. The lowest BCUT2D eigenvalue weighted by molar-refractivity contribution is 0.225. The van der Waals surface area contributed by atoms with Gasteiger partial charge in [-0.15, -0.1) is 0 Å². The molecule has 0 fully saturated rings. The number of nitrogens with one attached hydrogen (secondary N) is 2. The molecule has 2 N–H and O–H groups in total. The third kappa shape index (κ3) is 15.0. The molecule has 0 bridgehead atoms. The van der Waals surface area contributed by atoms with Gasteiger partial charge in [-0.3, -0.25) is 0 Å². The van der Waals surface area contributed by atoms with Crippen molar-refractivity contribution < 1.29 is 0 Å². The highest BCUT2D eigenvalue weighted by atomic mass is 14.8. The van der Waals surface area contributed by atoms with E-state index in [0.29, 0.717) is 5.41 Å². The standard InChI is InChI=1S/C28H52N2/c1-24(2)22-29-18-13-8-7-12-17-28(5,6)21-26(4)20-25(3)16-19-30-23-27-14-10-9-11-15-27/h9-11,14-15,24-26,29-30H,7-8,12-13,16-23H2,1-6H3. The molecule has 0 saturated heterocycles. The molecule has 0 heterocycles. The Morgan fingerprint density at radius 1 is 0.800 bits per heavy atom. The molecule has 174 valence electrons. The van der Waals surface area contributed by atoms with E-state index in [0.717, 1.165) is 37.4 Å². The Morgan fingerprint density at radius 3 is 2.20 bits per heavy atom. The molecule has 2 atom stereocenters. The first kappa shape index (κ1) is 27.2. The van der Waals surface area contributed by atoms with E-state index in [9.17, 15) is 0 Å². The SMILES string of the molecule is CC(C)CNCCCCCCC(C)(C)CC(C)CC(C)CCNCc1ccccc1. The van der Waals surface area contributed by atoms with Crippen LogP contribution in [-0.4, -0.2) is 19.6 Å². The van der Waals surface area contributed by atoms with Crippen LogP contribution in [0.5, 0.6) is 0 Å². The highest BCUT2D eigenvalue weighted by Gasteiger charge is 2.21. The quantitative estimate of drug-likeness (QED) is 0.243. The summed E-state index contributed by atoms with van der Waals surface area (Å²) < 4.78 is 0. The zero-order chi connectivity index (χ0) is 22.2. The van der Waals surface area contributed by atoms with E-state index in [1.807, 2.05) is 0 Å². The number of hydrogen-bond acceptors (Lipinski definition) is 2. The predicted molar refractivity (Wildman–Crippen MR) is 135 cm³/mol. The first-order valence-electron chi connectivity index (χ1n) is 12.7. The van der Waals surface area contributed by atoms with Crippen LogP contribution in [0.1, 0.15) is 98.5 Å². The van der Waals surface area contributed by atoms with E-state index >= 15 is 0 Å². The van der Waals surface area contributed by atoms with E-state index < -0.39 is 0 Å². The van der Waals surface area contributed by atoms with Crippen LogP contribution in [0.15, 0.2) is 30.3 Å². The Labute approximate surface area is 189 Å². The third-order valence-corrected chi connectivity index (χ3v) is 6.20. The van der Waals surface area contributed by atoms with Gasteiger partial charge in [0.2, 0.25) is 0 Å². The van der Waals surface area contributed by atoms with Crippen molar-refractivity contribution >= 4 is 0 Å². The third-order valence-electron chi connectivity index (χ3n) is 6.20. The Hall–Kier alpha value is -0.860. The minimum atomic E-state index is 0.487. The monoisotopic (exact) mass is 416 g/mol. The minimum absolute atomic E-state index is 0.487. The Bertz CT molecular complexity index is 509. The summed E-state index contributed by atoms with van der Waals surface area (Å²) in [4.78, 5) is 0. The molecule has 0 radical (unpaired) electrons. The van der Waals surface area contributed by atoms with Crippen LogP contribution in [-0.2, 0) is 6.54 Å². The van der Waals surface area contributed by atoms with Gasteiger partial charge in [0.1, 0.15) is 0 Å². The van der Waals surface area contributed by atoms with Crippen molar-refractivity contribution in [3.05, 3.63) is 35.9 Å². The predicted octanol–water partition coefficient (Wildman–Crippen LogP) is 7.44. The van der Waals surface area contributed by atoms with Crippen LogP contribution in [0.2, 0.25) is 0 Å². The lowest BCUT2D eigenvalue weighted by atomic mass is 9.77. The molecule has 1 rings (SSSR count). The molecule has 0 aliphatic heterocycles. The Kier molecular flexibility index (Phi) is 14.4. The van der Waals surface area contributed by atoms with E-state index in [1.165, 1.54) is 63.5 Å². The van der Waals surface area contributed by atoms with E-state index in [4.69, 9.17) is 0 Å². The number of rotatable bonds is 18. The van der Waals surface area contributed by atoms with Crippen molar-refractivity contribution in [2.45, 2.75) is 99.5 Å². The van der Waals surface area contributed by atoms with Crippen LogP contribution in [0.25, 0.3) is 0 Å². The molecule has 0 spiro atoms. The highest BCUT2D eigenvalue weighted by molar-refractivity contribution is 5.14. The Balaban J connectivity index is 2.06. The van der Waals surface area contributed by atoms with Crippen LogP contribution < -0.4 is 10.6 Å². The van der Waals surface area contributed by atoms with E-state index in [2.05, 4.69) is 82.5 Å². The number of unbranched alkanes of at least 4 members (excludes halogenated alkanes) is 3. The van der Waals surface area contributed by atoms with Crippen LogP contribution >= 0.6 is 0 Å². The van der Waals surface area contributed by atoms with Gasteiger partial charge in [0.25, 0.3) is 0 Å². The van der Waals surface area contributed by atoms with Gasteiger partial charge in [-0.2, -0.15) is 0 Å². The summed E-state index contributed by atoms with van der Waals surface area (Å²) in [5, 5.41) is 7.17. The molecular weight excluding hydrogens is 364 g/mol. The maximum atomic E-state index is 3.61. The van der Waals surface area contributed by atoms with Crippen molar-refractivity contribution in [1.82, 2.24) is 10.6 Å². The van der Waals surface area contributed by atoms with Gasteiger partial charge in [-0.05, 0) is 80.5 Å². The molecule has 30 heavy (non-hydrogen) atoms. The second-order valence-corrected chi connectivity index (χ2v) is 11.0. The lowest BCUT2D eigenvalue weighted by Crippen LogP contribution is -2.21. The summed E-state index contributed by atoms with van der Waals surface area (Å²) in [6.45, 7) is 18.9. The summed E-state index contributed by atoms with van der Waals surface area (Å²) in [5.41, 5.74) is 1.87. The summed E-state index contributed by atoms with van der Waals surface area (Å²) in [6, 6.07) is 10.7. The summed E-state index contributed by atoms with van der Waals surface area (Å²) in [5.74, 6) is 2.39. The minimum Gasteiger partial charge on any atom is -0.316 e. The highest BCUT2D eigenvalue weighted by Crippen LogP contribution is 2.34. The molecular formula is C28H52N2. The van der Waals surface area contributed by atoms with Gasteiger partial charge >= 0.3 is 0 Å². The van der Waals surface area contributed by atoms with Crippen molar-refractivity contribution in [1.29, 1.82) is 0 Å². The molecule has 0 amide bonds. The van der Waals surface area contributed by atoms with Crippen LogP contribution in [0.4, 0.5) is 0 Å². The summed E-state index contributed by atoms with van der Waals surface area (Å²) in [6.07, 6.45) is 10.9. The molecule has 0 aliphatic carbocycles. The van der Waals surface area contributed by atoms with Crippen LogP contribution in [0.3, 0.4) is 0 Å². The zero-order valence-electron chi connectivity index (χ0n) is 21.1. The second kappa shape index (κ2) is 15.9. The Morgan fingerprint density at radius 2 is 1.50 bits per heavy atom. The summed E-state index contributed by atoms with van der Waals surface area (Å²) in [7, 11) is 0. The normalized spacial score (nSPS) is 14.2. The molecule has 0 aliphatic rings. The second-order valence-electron chi connectivity index (χ2n) is 11.0. The maximum Gasteiger partial charge on any atom is 0.0205 e.